The molecule has 4 nitrogen and oxygen atoms in total. The molecular weight excluding hydrogens is 261 g/mol. The molecule has 0 saturated carbocycles. The number of aryl methyl sites for hydroxylation is 1. The van der Waals surface area contributed by atoms with E-state index in [-0.39, 0.29) is 6.61 Å². The number of para-hydroxylation sites is 1. The minimum Gasteiger partial charge on any atom is -0.355 e. The van der Waals surface area contributed by atoms with E-state index in [4.69, 9.17) is 4.89 Å². The summed E-state index contributed by atoms with van der Waals surface area (Å²) < 4.78 is 15.2. The molecule has 0 saturated heterocycles. The lowest BCUT2D eigenvalue weighted by Crippen LogP contribution is -1.93. The molecule has 0 amide bonds. The molecule has 0 bridgehead atoms. The first-order chi connectivity index (χ1) is 9.15. The van der Waals surface area contributed by atoms with Gasteiger partial charge in [-0.1, -0.05) is 30.3 Å². The van der Waals surface area contributed by atoms with Gasteiger partial charge < -0.3 is 14.7 Å². The maximum Gasteiger partial charge on any atom is 0.316 e. The van der Waals surface area contributed by atoms with Crippen LogP contribution in [0.2, 0.25) is 0 Å². The summed E-state index contributed by atoms with van der Waals surface area (Å²) in [5, 5.41) is 3.32. The Hall–Kier alpha value is -1.61. The number of anilines is 2. The van der Waals surface area contributed by atoms with E-state index in [0.29, 0.717) is 0 Å². The molecular formula is C14H16NO3P. The minimum absolute atomic E-state index is 0.152. The molecule has 1 unspecified atom stereocenters. The minimum atomic E-state index is -2.86. The highest BCUT2D eigenvalue weighted by molar-refractivity contribution is 7.32. The van der Waals surface area contributed by atoms with E-state index in [2.05, 4.69) is 9.84 Å². The van der Waals surface area contributed by atoms with Gasteiger partial charge >= 0.3 is 8.25 Å². The summed E-state index contributed by atoms with van der Waals surface area (Å²) in [5.74, 6) is 0. The fourth-order valence-corrected chi connectivity index (χ4v) is 1.99. The van der Waals surface area contributed by atoms with Crippen molar-refractivity contribution in [3.8, 4) is 0 Å². The molecule has 1 atom stereocenters. The number of hydrogen-bond acceptors (Lipinski definition) is 3. The summed E-state index contributed by atoms with van der Waals surface area (Å²) in [6.45, 7) is 2.20. The van der Waals surface area contributed by atoms with Crippen molar-refractivity contribution in [2.45, 2.75) is 13.5 Å². The summed E-state index contributed by atoms with van der Waals surface area (Å²) in [6.07, 6.45) is 0. The van der Waals surface area contributed by atoms with E-state index < -0.39 is 8.25 Å². The van der Waals surface area contributed by atoms with Gasteiger partial charge in [0.05, 0.1) is 6.61 Å². The smallest absolute Gasteiger partial charge is 0.316 e. The molecule has 100 valence electrons. The van der Waals surface area contributed by atoms with E-state index in [0.717, 1.165) is 16.9 Å². The van der Waals surface area contributed by atoms with Crippen molar-refractivity contribution in [1.29, 1.82) is 0 Å². The van der Waals surface area contributed by atoms with Gasteiger partial charge in [-0.2, -0.15) is 0 Å². The summed E-state index contributed by atoms with van der Waals surface area (Å²) in [6, 6.07) is 15.6. The van der Waals surface area contributed by atoms with Gasteiger partial charge in [0, 0.05) is 11.4 Å². The second kappa shape index (κ2) is 6.53. The lowest BCUT2D eigenvalue weighted by molar-refractivity contribution is 0.272. The zero-order valence-corrected chi connectivity index (χ0v) is 11.6. The van der Waals surface area contributed by atoms with Crippen molar-refractivity contribution in [2.75, 3.05) is 5.32 Å². The normalized spacial score (nSPS) is 12.1. The van der Waals surface area contributed by atoms with Gasteiger partial charge in [0.2, 0.25) is 0 Å². The average Bonchev–Trinajstić information content (AvgIpc) is 2.40. The topological polar surface area (TPSA) is 58.6 Å². The van der Waals surface area contributed by atoms with Gasteiger partial charge in [-0.3, -0.25) is 4.57 Å². The van der Waals surface area contributed by atoms with Crippen LogP contribution < -0.4 is 5.32 Å². The van der Waals surface area contributed by atoms with Gasteiger partial charge in [-0.05, 0) is 36.2 Å². The fourth-order valence-electron chi connectivity index (χ4n) is 1.70. The Morgan fingerprint density at radius 2 is 1.84 bits per heavy atom. The molecule has 0 aliphatic heterocycles. The van der Waals surface area contributed by atoms with Gasteiger partial charge in [0.1, 0.15) is 0 Å². The van der Waals surface area contributed by atoms with Gasteiger partial charge in [0.15, 0.2) is 0 Å². The third-order valence-electron chi connectivity index (χ3n) is 2.74. The van der Waals surface area contributed by atoms with Crippen LogP contribution in [-0.2, 0) is 15.7 Å². The Balaban J connectivity index is 2.03. The Bertz CT molecular complexity index is 569. The van der Waals surface area contributed by atoms with Crippen molar-refractivity contribution in [3.63, 3.8) is 0 Å². The molecule has 19 heavy (non-hydrogen) atoms. The molecule has 5 heteroatoms. The van der Waals surface area contributed by atoms with Crippen LogP contribution in [0.4, 0.5) is 11.4 Å². The molecule has 2 rings (SSSR count). The molecule has 0 spiro atoms. The predicted molar refractivity (Wildman–Crippen MR) is 76.9 cm³/mol. The van der Waals surface area contributed by atoms with E-state index >= 15 is 0 Å². The zero-order chi connectivity index (χ0) is 13.7. The second-order valence-electron chi connectivity index (χ2n) is 4.19. The summed E-state index contributed by atoms with van der Waals surface area (Å²) in [7, 11) is -2.86. The van der Waals surface area contributed by atoms with Crippen LogP contribution in [0, 0.1) is 6.92 Å². The average molecular weight is 277 g/mol. The number of rotatable bonds is 5. The Morgan fingerprint density at radius 3 is 2.47 bits per heavy atom. The first-order valence-corrected chi connectivity index (χ1v) is 7.19. The summed E-state index contributed by atoms with van der Waals surface area (Å²) in [4.78, 5) is 8.61. The van der Waals surface area contributed by atoms with Crippen molar-refractivity contribution < 1.29 is 14.0 Å². The molecule has 0 radical (unpaired) electrons. The zero-order valence-electron chi connectivity index (χ0n) is 10.6. The van der Waals surface area contributed by atoms with E-state index in [1.54, 1.807) is 0 Å². The van der Waals surface area contributed by atoms with Crippen LogP contribution in [0.1, 0.15) is 11.1 Å². The monoisotopic (exact) mass is 277 g/mol. The largest absolute Gasteiger partial charge is 0.355 e. The van der Waals surface area contributed by atoms with E-state index in [1.165, 1.54) is 5.56 Å². The van der Waals surface area contributed by atoms with Crippen LogP contribution in [0.5, 0.6) is 0 Å². The quantitative estimate of drug-likeness (QED) is 0.819. The highest BCUT2D eigenvalue weighted by atomic mass is 31.1. The number of benzene rings is 2. The van der Waals surface area contributed by atoms with E-state index in [1.807, 2.05) is 55.5 Å². The first kappa shape index (κ1) is 13.8. The highest BCUT2D eigenvalue weighted by Gasteiger charge is 1.99. The van der Waals surface area contributed by atoms with Crippen LogP contribution in [0.3, 0.4) is 0 Å². The van der Waals surface area contributed by atoms with Gasteiger partial charge in [0.25, 0.3) is 0 Å². The summed E-state index contributed by atoms with van der Waals surface area (Å²) >= 11 is 0. The highest BCUT2D eigenvalue weighted by Crippen LogP contribution is 2.22. The van der Waals surface area contributed by atoms with Crippen LogP contribution >= 0.6 is 8.25 Å². The molecule has 0 heterocycles. The Kier molecular flexibility index (Phi) is 4.74. The van der Waals surface area contributed by atoms with E-state index in [9.17, 15) is 4.57 Å². The van der Waals surface area contributed by atoms with Crippen molar-refractivity contribution in [1.82, 2.24) is 0 Å². The molecule has 0 fully saturated rings. The maximum atomic E-state index is 10.5. The van der Waals surface area contributed by atoms with Crippen molar-refractivity contribution >= 4 is 19.6 Å². The lowest BCUT2D eigenvalue weighted by atomic mass is 10.1. The number of nitrogens with one attached hydrogen (secondary N) is 1. The SMILES string of the molecule is Cc1ccccc1Nc1ccc(CO[PH](=O)O)cc1. The molecule has 0 aliphatic carbocycles. The van der Waals surface area contributed by atoms with Crippen LogP contribution in [0.15, 0.2) is 48.5 Å². The Labute approximate surface area is 113 Å². The lowest BCUT2D eigenvalue weighted by Gasteiger charge is -2.10. The number of hydrogen-bond donors (Lipinski definition) is 2. The molecule has 0 aromatic heterocycles. The standard InChI is InChI=1S/C14H16NO3P/c1-11-4-2-3-5-14(11)15-13-8-6-12(7-9-13)10-18-19(16)17/h2-9,15,19H,10H2,1H3,(H,16,17). The molecule has 0 aliphatic rings. The fraction of sp³-hybridized carbons (Fsp3) is 0.143. The Morgan fingerprint density at radius 1 is 1.16 bits per heavy atom. The van der Waals surface area contributed by atoms with Crippen molar-refractivity contribution in [3.05, 3.63) is 59.7 Å². The van der Waals surface area contributed by atoms with Gasteiger partial charge in [-0.15, -0.1) is 0 Å². The summed E-state index contributed by atoms with van der Waals surface area (Å²) in [5.41, 5.74) is 4.07. The van der Waals surface area contributed by atoms with Crippen LogP contribution in [-0.4, -0.2) is 4.89 Å². The molecule has 2 aromatic rings. The van der Waals surface area contributed by atoms with Crippen molar-refractivity contribution in [2.24, 2.45) is 0 Å². The van der Waals surface area contributed by atoms with Crippen LogP contribution in [0.25, 0.3) is 0 Å². The molecule has 2 N–H and O–H groups in total. The predicted octanol–water partition coefficient (Wildman–Crippen LogP) is 3.64. The second-order valence-corrected chi connectivity index (χ2v) is 5.01. The first-order valence-electron chi connectivity index (χ1n) is 5.92. The molecule has 2 aromatic carbocycles. The van der Waals surface area contributed by atoms with Gasteiger partial charge in [-0.25, -0.2) is 0 Å². The third-order valence-corrected chi connectivity index (χ3v) is 3.13. The third kappa shape index (κ3) is 4.21. The maximum absolute atomic E-state index is 10.5.